The Kier molecular flexibility index (Phi) is 2.65. The number of hydrogen-bond donors (Lipinski definition) is 1. The van der Waals surface area contributed by atoms with Crippen molar-refractivity contribution in [3.05, 3.63) is 11.6 Å². The van der Waals surface area contributed by atoms with Crippen molar-refractivity contribution in [2.45, 2.75) is 19.3 Å². The van der Waals surface area contributed by atoms with E-state index >= 15 is 0 Å². The van der Waals surface area contributed by atoms with Crippen molar-refractivity contribution < 1.29 is 18.3 Å². The Bertz CT molecular complexity index is 353. The summed E-state index contributed by atoms with van der Waals surface area (Å²) in [5.74, 6) is -1.03. The van der Waals surface area contributed by atoms with Crippen LogP contribution in [0.15, 0.2) is 11.6 Å². The molecule has 0 saturated heterocycles. The second-order valence-electron chi connectivity index (χ2n) is 2.53. The summed E-state index contributed by atoms with van der Waals surface area (Å²) >= 11 is 0. The lowest BCUT2D eigenvalue weighted by molar-refractivity contribution is -0.132. The van der Waals surface area contributed by atoms with Crippen LogP contribution in [-0.2, 0) is 15.1 Å². The summed E-state index contributed by atoms with van der Waals surface area (Å²) in [4.78, 5) is 10.6. The van der Waals surface area contributed by atoms with Crippen molar-refractivity contribution in [2.75, 3.05) is 0 Å². The molecule has 0 aromatic rings. The fraction of sp³-hybridized carbons (Fsp3) is 0.429. The third-order valence-electron chi connectivity index (χ3n) is 1.69. The van der Waals surface area contributed by atoms with Crippen LogP contribution in [0, 0.1) is 0 Å². The second kappa shape index (κ2) is 3.53. The van der Waals surface area contributed by atoms with Crippen molar-refractivity contribution in [2.24, 2.45) is 0 Å². The Morgan fingerprint density at radius 1 is 1.42 bits per heavy atom. The first-order valence-corrected chi connectivity index (χ1v) is 4.57. The molecular weight excluding hydrogens is 180 g/mol. The lowest BCUT2D eigenvalue weighted by atomic mass is 10.00. The van der Waals surface area contributed by atoms with Gasteiger partial charge in [-0.1, -0.05) is 0 Å². The predicted molar refractivity (Wildman–Crippen MR) is 43.5 cm³/mol. The van der Waals surface area contributed by atoms with E-state index in [1.165, 1.54) is 6.08 Å². The standard InChI is InChI=1S/C7H8O4S/c8-7(9)5-2-1-3-6(4-5)12(10)11/h4H,1-3H2,(H,8,9). The van der Waals surface area contributed by atoms with E-state index in [0.717, 1.165) is 0 Å². The van der Waals surface area contributed by atoms with E-state index < -0.39 is 16.3 Å². The minimum absolute atomic E-state index is 0.181. The zero-order valence-corrected chi connectivity index (χ0v) is 7.10. The summed E-state index contributed by atoms with van der Waals surface area (Å²) in [5.41, 5.74) is 0.181. The molecule has 1 rings (SSSR count). The van der Waals surface area contributed by atoms with Gasteiger partial charge in [0.15, 0.2) is 0 Å². The van der Waals surface area contributed by atoms with Gasteiger partial charge in [-0.2, -0.15) is 8.42 Å². The highest BCUT2D eigenvalue weighted by Crippen LogP contribution is 2.15. The maximum Gasteiger partial charge on any atom is 0.331 e. The number of allylic oxidation sites excluding steroid dienone is 1. The normalized spacial score (nSPS) is 17.0. The van der Waals surface area contributed by atoms with Gasteiger partial charge in [-0.05, 0) is 25.3 Å². The van der Waals surface area contributed by atoms with E-state index in [2.05, 4.69) is 0 Å². The predicted octanol–water partition coefficient (Wildman–Crippen LogP) is 0.233. The first-order valence-electron chi connectivity index (χ1n) is 3.50. The van der Waals surface area contributed by atoms with Gasteiger partial charge < -0.3 is 5.11 Å². The first-order chi connectivity index (χ1) is 5.61. The summed E-state index contributed by atoms with van der Waals surface area (Å²) in [5, 5.41) is 8.56. The molecule has 66 valence electrons. The number of hydrogen-bond acceptors (Lipinski definition) is 3. The first kappa shape index (κ1) is 8.99. The number of carboxylic acids is 1. The molecule has 1 aliphatic carbocycles. The Balaban J connectivity index is 3.08. The Hall–Kier alpha value is -1.10. The molecule has 5 heteroatoms. The molecule has 0 radical (unpaired) electrons. The lowest BCUT2D eigenvalue weighted by Crippen LogP contribution is -2.10. The summed E-state index contributed by atoms with van der Waals surface area (Å²) in [6.07, 6.45) is 2.75. The summed E-state index contributed by atoms with van der Waals surface area (Å²) in [6.45, 7) is 0. The van der Waals surface area contributed by atoms with Crippen molar-refractivity contribution >= 4 is 21.1 Å². The van der Waals surface area contributed by atoms with Crippen molar-refractivity contribution in [1.82, 2.24) is 0 Å². The molecule has 1 N–H and O–H groups in total. The van der Waals surface area contributed by atoms with E-state index in [0.29, 0.717) is 19.3 Å². The molecule has 0 bridgehead atoms. The molecular formula is C7H8O4S. The van der Waals surface area contributed by atoms with Crippen LogP contribution in [0.4, 0.5) is 0 Å². The van der Waals surface area contributed by atoms with E-state index in [4.69, 9.17) is 5.11 Å². The van der Waals surface area contributed by atoms with E-state index in [1.807, 2.05) is 0 Å². The number of carbonyl (C=O) groups is 1. The zero-order chi connectivity index (χ0) is 9.14. The van der Waals surface area contributed by atoms with Gasteiger partial charge in [-0.3, -0.25) is 0 Å². The smallest absolute Gasteiger partial charge is 0.331 e. The number of carboxylic acid groups (broad SMARTS) is 1. The van der Waals surface area contributed by atoms with Gasteiger partial charge in [0.05, 0.1) is 4.86 Å². The highest BCUT2D eigenvalue weighted by atomic mass is 32.2. The van der Waals surface area contributed by atoms with Gasteiger partial charge in [0, 0.05) is 5.57 Å². The average Bonchev–Trinajstić information content (AvgIpc) is 2.04. The van der Waals surface area contributed by atoms with Crippen molar-refractivity contribution in [1.29, 1.82) is 0 Å². The number of rotatable bonds is 1. The molecule has 0 fully saturated rings. The van der Waals surface area contributed by atoms with Crippen LogP contribution < -0.4 is 0 Å². The molecule has 0 aliphatic heterocycles. The SMILES string of the molecule is O=C(O)C1=CC(=S(=O)=O)CCC1. The fourth-order valence-corrected chi connectivity index (χ4v) is 1.64. The molecule has 4 nitrogen and oxygen atoms in total. The topological polar surface area (TPSA) is 71.4 Å². The summed E-state index contributed by atoms with van der Waals surface area (Å²) < 4.78 is 20.9. The number of aliphatic carboxylic acids is 1. The van der Waals surface area contributed by atoms with Gasteiger partial charge >= 0.3 is 5.97 Å². The molecule has 0 amide bonds. The van der Waals surface area contributed by atoms with Crippen molar-refractivity contribution in [3.8, 4) is 0 Å². The second-order valence-corrected chi connectivity index (χ2v) is 3.52. The molecule has 0 unspecified atom stereocenters. The molecule has 0 heterocycles. The zero-order valence-electron chi connectivity index (χ0n) is 6.28. The minimum atomic E-state index is -2.26. The highest BCUT2D eigenvalue weighted by Gasteiger charge is 2.14. The maximum atomic E-state index is 10.4. The Morgan fingerprint density at radius 3 is 2.58 bits per heavy atom. The minimum Gasteiger partial charge on any atom is -0.478 e. The quantitative estimate of drug-likeness (QED) is 0.598. The van der Waals surface area contributed by atoms with E-state index in [1.54, 1.807) is 0 Å². The van der Waals surface area contributed by atoms with Crippen LogP contribution >= 0.6 is 0 Å². The van der Waals surface area contributed by atoms with Crippen LogP contribution in [-0.4, -0.2) is 24.4 Å². The van der Waals surface area contributed by atoms with Gasteiger partial charge in [-0.25, -0.2) is 4.79 Å². The fourth-order valence-electron chi connectivity index (χ4n) is 1.09. The van der Waals surface area contributed by atoms with Gasteiger partial charge in [0.25, 0.3) is 0 Å². The largest absolute Gasteiger partial charge is 0.478 e. The molecule has 0 aromatic carbocycles. The highest BCUT2D eigenvalue weighted by molar-refractivity contribution is 7.73. The van der Waals surface area contributed by atoms with Crippen LogP contribution in [0.3, 0.4) is 0 Å². The van der Waals surface area contributed by atoms with Gasteiger partial charge in [-0.15, -0.1) is 0 Å². The third kappa shape index (κ3) is 1.94. The van der Waals surface area contributed by atoms with E-state index in [-0.39, 0.29) is 10.4 Å². The van der Waals surface area contributed by atoms with Crippen LogP contribution in [0.1, 0.15) is 19.3 Å². The molecule has 0 aromatic heterocycles. The molecule has 0 atom stereocenters. The lowest BCUT2D eigenvalue weighted by Gasteiger charge is -2.07. The Morgan fingerprint density at radius 2 is 2.08 bits per heavy atom. The maximum absolute atomic E-state index is 10.4. The Labute approximate surface area is 71.1 Å². The molecule has 0 spiro atoms. The third-order valence-corrected chi connectivity index (χ3v) is 2.44. The molecule has 0 saturated carbocycles. The van der Waals surface area contributed by atoms with Gasteiger partial charge in [0.2, 0.25) is 10.3 Å². The van der Waals surface area contributed by atoms with Crippen LogP contribution in [0.2, 0.25) is 0 Å². The monoisotopic (exact) mass is 188 g/mol. The van der Waals surface area contributed by atoms with Crippen LogP contribution in [0.5, 0.6) is 0 Å². The van der Waals surface area contributed by atoms with E-state index in [9.17, 15) is 13.2 Å². The van der Waals surface area contributed by atoms with Gasteiger partial charge in [0.1, 0.15) is 0 Å². The van der Waals surface area contributed by atoms with Crippen LogP contribution in [0.25, 0.3) is 0 Å². The molecule has 1 aliphatic rings. The average molecular weight is 188 g/mol. The van der Waals surface area contributed by atoms with Crippen molar-refractivity contribution in [3.63, 3.8) is 0 Å². The summed E-state index contributed by atoms with van der Waals surface area (Å²) in [6, 6.07) is 0. The molecule has 12 heavy (non-hydrogen) atoms. The summed E-state index contributed by atoms with van der Waals surface area (Å²) in [7, 11) is -2.26.